The predicted octanol–water partition coefficient (Wildman–Crippen LogP) is 6.30. The standard InChI is InChI=1S/C33H25ClN2O5/c1-19-6-5-9-24-30(19)32(39)36(31(24)38)23-13-10-20(11-14-23)28-17-26(25-16-22(34)12-15-27(25)35-28)33(40)41-18-29(37)21-7-3-2-4-8-21/h2-8,10-17,19,24,30H,9,18H2,1H3. The molecule has 0 saturated carbocycles. The summed E-state index contributed by atoms with van der Waals surface area (Å²) in [6.07, 6.45) is 4.54. The lowest BCUT2D eigenvalue weighted by Crippen LogP contribution is -2.31. The number of halogens is 1. The number of esters is 1. The Morgan fingerprint density at radius 1 is 0.976 bits per heavy atom. The molecule has 1 aromatic heterocycles. The molecule has 2 amide bonds. The number of benzene rings is 3. The number of imide groups is 1. The van der Waals surface area contributed by atoms with Crippen LogP contribution in [0.1, 0.15) is 34.1 Å². The number of carbonyl (C=O) groups excluding carboxylic acids is 4. The Balaban J connectivity index is 1.29. The van der Waals surface area contributed by atoms with E-state index in [0.717, 1.165) is 0 Å². The van der Waals surface area contributed by atoms with E-state index in [2.05, 4.69) is 0 Å². The molecule has 0 bridgehead atoms. The van der Waals surface area contributed by atoms with Crippen LogP contribution in [0, 0.1) is 17.8 Å². The number of hydrogen-bond donors (Lipinski definition) is 0. The number of pyridine rings is 1. The summed E-state index contributed by atoms with van der Waals surface area (Å²) in [5.41, 5.74) is 2.84. The molecule has 0 radical (unpaired) electrons. The molecule has 1 aliphatic heterocycles. The zero-order chi connectivity index (χ0) is 28.7. The molecule has 1 aliphatic carbocycles. The molecule has 2 aliphatic rings. The smallest absolute Gasteiger partial charge is 0.339 e. The van der Waals surface area contributed by atoms with Gasteiger partial charge >= 0.3 is 5.97 Å². The van der Waals surface area contributed by atoms with Gasteiger partial charge in [-0.1, -0.05) is 73.1 Å². The van der Waals surface area contributed by atoms with Gasteiger partial charge in [0.2, 0.25) is 11.8 Å². The van der Waals surface area contributed by atoms with Crippen molar-refractivity contribution in [2.75, 3.05) is 11.5 Å². The third kappa shape index (κ3) is 4.93. The van der Waals surface area contributed by atoms with Crippen LogP contribution < -0.4 is 4.90 Å². The molecule has 3 aromatic carbocycles. The monoisotopic (exact) mass is 564 g/mol. The average Bonchev–Trinajstić information content (AvgIpc) is 3.25. The van der Waals surface area contributed by atoms with Crippen molar-refractivity contribution < 1.29 is 23.9 Å². The van der Waals surface area contributed by atoms with Crippen LogP contribution >= 0.6 is 11.6 Å². The van der Waals surface area contributed by atoms with Gasteiger partial charge in [-0.05, 0) is 48.7 Å². The van der Waals surface area contributed by atoms with Gasteiger partial charge in [0.05, 0.1) is 34.3 Å². The maximum atomic E-state index is 13.2. The average molecular weight is 565 g/mol. The maximum Gasteiger partial charge on any atom is 0.339 e. The summed E-state index contributed by atoms with van der Waals surface area (Å²) in [7, 11) is 0. The highest BCUT2D eigenvalue weighted by Crippen LogP contribution is 2.40. The first-order chi connectivity index (χ1) is 19.8. The fourth-order valence-electron chi connectivity index (χ4n) is 5.61. The number of hydrogen-bond acceptors (Lipinski definition) is 6. The largest absolute Gasteiger partial charge is 0.454 e. The number of ether oxygens (including phenoxy) is 1. The molecule has 41 heavy (non-hydrogen) atoms. The highest BCUT2D eigenvalue weighted by Gasteiger charge is 2.50. The Labute approximate surface area is 241 Å². The van der Waals surface area contributed by atoms with Crippen LogP contribution in [0.15, 0.2) is 91.0 Å². The van der Waals surface area contributed by atoms with Gasteiger partial charge in [-0.3, -0.25) is 19.3 Å². The molecule has 1 fully saturated rings. The van der Waals surface area contributed by atoms with Crippen LogP contribution in [0.2, 0.25) is 5.02 Å². The Morgan fingerprint density at radius 2 is 1.73 bits per heavy atom. The summed E-state index contributed by atoms with van der Waals surface area (Å²) < 4.78 is 5.40. The molecular formula is C33H25ClN2O5. The lowest BCUT2D eigenvalue weighted by atomic mass is 9.78. The van der Waals surface area contributed by atoms with Crippen molar-refractivity contribution in [2.24, 2.45) is 17.8 Å². The first-order valence-electron chi connectivity index (χ1n) is 13.3. The SMILES string of the molecule is CC1C=CCC2C(=O)N(c3ccc(-c4cc(C(=O)OCC(=O)c5ccccc5)c5cc(Cl)ccc5n4)cc3)C(=O)C12. The quantitative estimate of drug-likeness (QED) is 0.118. The maximum absolute atomic E-state index is 13.2. The van der Waals surface area contributed by atoms with Gasteiger partial charge in [0.25, 0.3) is 0 Å². The van der Waals surface area contributed by atoms with Gasteiger partial charge in [0, 0.05) is 21.5 Å². The molecule has 204 valence electrons. The van der Waals surface area contributed by atoms with E-state index in [1.807, 2.05) is 19.1 Å². The molecule has 1 saturated heterocycles. The van der Waals surface area contributed by atoms with Crippen LogP contribution in [0.4, 0.5) is 5.69 Å². The molecule has 0 spiro atoms. The molecular weight excluding hydrogens is 540 g/mol. The molecule has 0 N–H and O–H groups in total. The summed E-state index contributed by atoms with van der Waals surface area (Å²) in [6, 6.07) is 22.2. The third-order valence-electron chi connectivity index (χ3n) is 7.71. The summed E-state index contributed by atoms with van der Waals surface area (Å²) in [5.74, 6) is -2.03. The van der Waals surface area contributed by atoms with Crippen molar-refractivity contribution in [3.05, 3.63) is 107 Å². The number of fused-ring (bicyclic) bond motifs is 2. The fraction of sp³-hybridized carbons (Fsp3) is 0.182. The van der Waals surface area contributed by atoms with Gasteiger partial charge in [-0.25, -0.2) is 9.78 Å². The van der Waals surface area contributed by atoms with E-state index in [-0.39, 0.29) is 40.9 Å². The number of Topliss-reactive ketones (excluding diaryl/α,β-unsaturated/α-hetero) is 1. The molecule has 6 rings (SSSR count). The van der Waals surface area contributed by atoms with Crippen molar-refractivity contribution in [2.45, 2.75) is 13.3 Å². The number of aromatic nitrogens is 1. The predicted molar refractivity (Wildman–Crippen MR) is 156 cm³/mol. The highest BCUT2D eigenvalue weighted by atomic mass is 35.5. The van der Waals surface area contributed by atoms with Crippen LogP contribution in [-0.4, -0.2) is 35.2 Å². The van der Waals surface area contributed by atoms with Gasteiger partial charge in [-0.15, -0.1) is 0 Å². The summed E-state index contributed by atoms with van der Waals surface area (Å²) in [4.78, 5) is 58.0. The van der Waals surface area contributed by atoms with Crippen LogP contribution in [-0.2, 0) is 14.3 Å². The van der Waals surface area contributed by atoms with Crippen LogP contribution in [0.3, 0.4) is 0 Å². The van der Waals surface area contributed by atoms with E-state index in [4.69, 9.17) is 21.3 Å². The number of rotatable bonds is 6. The second-order valence-electron chi connectivity index (χ2n) is 10.3. The first kappa shape index (κ1) is 26.6. The van der Waals surface area contributed by atoms with Crippen molar-refractivity contribution >= 4 is 51.8 Å². The van der Waals surface area contributed by atoms with Gasteiger partial charge in [-0.2, -0.15) is 0 Å². The van der Waals surface area contributed by atoms with Crippen molar-refractivity contribution in [1.82, 2.24) is 4.98 Å². The summed E-state index contributed by atoms with van der Waals surface area (Å²) in [5, 5.41) is 0.921. The minimum absolute atomic E-state index is 0.00550. The zero-order valence-electron chi connectivity index (χ0n) is 22.1. The van der Waals surface area contributed by atoms with Crippen LogP contribution in [0.25, 0.3) is 22.2 Å². The number of ketones is 1. The van der Waals surface area contributed by atoms with E-state index >= 15 is 0 Å². The van der Waals surface area contributed by atoms with Gasteiger partial charge in [0.1, 0.15) is 0 Å². The zero-order valence-corrected chi connectivity index (χ0v) is 22.9. The molecule has 2 heterocycles. The van der Waals surface area contributed by atoms with Gasteiger partial charge in [0.15, 0.2) is 12.4 Å². The number of nitrogens with zero attached hydrogens (tertiary/aromatic N) is 2. The first-order valence-corrected chi connectivity index (χ1v) is 13.7. The number of anilines is 1. The normalized spacial score (nSPS) is 19.9. The van der Waals surface area contributed by atoms with E-state index in [1.165, 1.54) is 4.90 Å². The second kappa shape index (κ2) is 10.7. The number of allylic oxidation sites excluding steroid dienone is 2. The molecule has 7 nitrogen and oxygen atoms in total. The Hall–Kier alpha value is -4.62. The van der Waals surface area contributed by atoms with Crippen molar-refractivity contribution in [3.63, 3.8) is 0 Å². The minimum Gasteiger partial charge on any atom is -0.454 e. The molecule has 4 aromatic rings. The topological polar surface area (TPSA) is 93.6 Å². The Morgan fingerprint density at radius 3 is 2.46 bits per heavy atom. The Kier molecular flexibility index (Phi) is 6.97. The lowest BCUT2D eigenvalue weighted by Gasteiger charge is -2.22. The summed E-state index contributed by atoms with van der Waals surface area (Å²) >= 11 is 6.22. The van der Waals surface area contributed by atoms with Gasteiger partial charge < -0.3 is 4.74 Å². The second-order valence-corrected chi connectivity index (χ2v) is 10.7. The molecule has 8 heteroatoms. The van der Waals surface area contributed by atoms with E-state index < -0.39 is 12.6 Å². The number of amides is 2. The lowest BCUT2D eigenvalue weighted by molar-refractivity contribution is -0.122. The molecule has 3 atom stereocenters. The summed E-state index contributed by atoms with van der Waals surface area (Å²) in [6.45, 7) is 1.55. The van der Waals surface area contributed by atoms with E-state index in [1.54, 1.807) is 78.9 Å². The van der Waals surface area contributed by atoms with Crippen molar-refractivity contribution in [1.29, 1.82) is 0 Å². The van der Waals surface area contributed by atoms with E-state index in [9.17, 15) is 19.2 Å². The van der Waals surface area contributed by atoms with Crippen molar-refractivity contribution in [3.8, 4) is 11.3 Å². The third-order valence-corrected chi connectivity index (χ3v) is 7.95. The highest BCUT2D eigenvalue weighted by molar-refractivity contribution is 6.31. The minimum atomic E-state index is -0.680. The Bertz CT molecular complexity index is 1730. The van der Waals surface area contributed by atoms with E-state index in [0.29, 0.717) is 44.9 Å². The number of carbonyl (C=O) groups is 4. The van der Waals surface area contributed by atoms with Crippen LogP contribution in [0.5, 0.6) is 0 Å². The fourth-order valence-corrected chi connectivity index (χ4v) is 5.79. The molecule has 3 unspecified atom stereocenters.